The zero-order valence-corrected chi connectivity index (χ0v) is 16.4. The molecule has 0 bridgehead atoms. The summed E-state index contributed by atoms with van der Waals surface area (Å²) in [5.74, 6) is 2.07. The maximum absolute atomic E-state index is 12.2. The fourth-order valence-electron chi connectivity index (χ4n) is 2.36. The molecule has 154 valence electrons. The first-order valence-electron chi connectivity index (χ1n) is 9.38. The molecule has 0 aromatic carbocycles. The van der Waals surface area contributed by atoms with Crippen LogP contribution in [-0.2, 0) is 19.1 Å². The Bertz CT molecular complexity index is 485. The fourth-order valence-corrected chi connectivity index (χ4v) is 2.36. The van der Waals surface area contributed by atoms with Gasteiger partial charge in [-0.25, -0.2) is 0 Å². The summed E-state index contributed by atoms with van der Waals surface area (Å²) >= 11 is 0. The van der Waals surface area contributed by atoms with E-state index < -0.39 is 0 Å². The number of carbonyl (C=O) groups excluding carboxylic acids is 2. The molecule has 27 heavy (non-hydrogen) atoms. The van der Waals surface area contributed by atoms with Crippen LogP contribution in [0.2, 0.25) is 0 Å². The van der Waals surface area contributed by atoms with E-state index >= 15 is 0 Å². The van der Waals surface area contributed by atoms with Crippen molar-refractivity contribution >= 4 is 17.6 Å². The predicted molar refractivity (Wildman–Crippen MR) is 106 cm³/mol. The molecule has 0 fully saturated rings. The lowest BCUT2D eigenvalue weighted by molar-refractivity contribution is -0.129. The number of nitrogens with two attached hydrogens (primary N) is 2. The lowest BCUT2D eigenvalue weighted by Gasteiger charge is -2.15. The minimum absolute atomic E-state index is 0.0207. The summed E-state index contributed by atoms with van der Waals surface area (Å²) < 4.78 is 10.8. The molecule has 0 aromatic heterocycles. The molecule has 0 aliphatic rings. The van der Waals surface area contributed by atoms with Crippen LogP contribution in [0.15, 0.2) is 4.99 Å². The lowest BCUT2D eigenvalue weighted by Crippen LogP contribution is -2.34. The molecule has 0 aromatic rings. The van der Waals surface area contributed by atoms with E-state index in [-0.39, 0.29) is 30.0 Å². The Hall–Kier alpha value is -2.11. The Balaban J connectivity index is 3.81. The Morgan fingerprint density at radius 1 is 1.11 bits per heavy atom. The third-order valence-electron chi connectivity index (χ3n) is 3.69. The smallest absolute Gasteiger partial charge is 0.223 e. The maximum Gasteiger partial charge on any atom is 0.223 e. The van der Waals surface area contributed by atoms with Gasteiger partial charge >= 0.3 is 0 Å². The van der Waals surface area contributed by atoms with E-state index in [0.717, 1.165) is 19.3 Å². The third-order valence-corrected chi connectivity index (χ3v) is 3.69. The number of terminal acetylenes is 1. The van der Waals surface area contributed by atoms with Crippen molar-refractivity contribution in [2.24, 2.45) is 22.4 Å². The topological polar surface area (TPSA) is 129 Å². The average molecular weight is 383 g/mol. The van der Waals surface area contributed by atoms with Crippen LogP contribution in [0.3, 0.4) is 0 Å². The van der Waals surface area contributed by atoms with Gasteiger partial charge in [-0.05, 0) is 32.6 Å². The molecule has 0 aliphatic carbocycles. The van der Waals surface area contributed by atoms with Crippen molar-refractivity contribution in [3.05, 3.63) is 0 Å². The molecule has 0 heterocycles. The highest BCUT2D eigenvalue weighted by molar-refractivity contribution is 5.85. The zero-order chi connectivity index (χ0) is 20.3. The first-order valence-corrected chi connectivity index (χ1v) is 9.38. The molecule has 5 N–H and O–H groups in total. The Morgan fingerprint density at radius 2 is 1.81 bits per heavy atom. The number of nitrogens with one attached hydrogen (secondary N) is 1. The molecular formula is C19H34N4O4. The quantitative estimate of drug-likeness (QED) is 0.146. The van der Waals surface area contributed by atoms with Gasteiger partial charge in [0.2, 0.25) is 5.91 Å². The van der Waals surface area contributed by atoms with Gasteiger partial charge in [0.05, 0.1) is 19.8 Å². The summed E-state index contributed by atoms with van der Waals surface area (Å²) in [6, 6.07) is 0. The number of amides is 1. The summed E-state index contributed by atoms with van der Waals surface area (Å²) in [7, 11) is 0. The fraction of sp³-hybridized carbons (Fsp3) is 0.737. The molecule has 0 saturated heterocycles. The van der Waals surface area contributed by atoms with E-state index in [1.54, 1.807) is 0 Å². The van der Waals surface area contributed by atoms with Crippen molar-refractivity contribution in [1.82, 2.24) is 5.32 Å². The molecule has 0 rings (SSSR count). The second-order valence-corrected chi connectivity index (χ2v) is 6.23. The molecule has 0 unspecified atom stereocenters. The van der Waals surface area contributed by atoms with Crippen LogP contribution in [0.1, 0.15) is 45.4 Å². The van der Waals surface area contributed by atoms with Crippen LogP contribution in [0.4, 0.5) is 0 Å². The van der Waals surface area contributed by atoms with Crippen LogP contribution in [0.25, 0.3) is 0 Å². The summed E-state index contributed by atoms with van der Waals surface area (Å²) in [6.07, 6.45) is 9.26. The molecular weight excluding hydrogens is 348 g/mol. The van der Waals surface area contributed by atoms with Crippen molar-refractivity contribution in [2.45, 2.75) is 45.4 Å². The van der Waals surface area contributed by atoms with E-state index in [0.29, 0.717) is 52.4 Å². The van der Waals surface area contributed by atoms with Crippen molar-refractivity contribution in [3.8, 4) is 12.3 Å². The highest BCUT2D eigenvalue weighted by atomic mass is 16.5. The van der Waals surface area contributed by atoms with Gasteiger partial charge in [-0.3, -0.25) is 9.79 Å². The number of unbranched alkanes of at least 4 members (excludes halogenated alkanes) is 2. The second kappa shape index (κ2) is 17.3. The van der Waals surface area contributed by atoms with E-state index in [4.69, 9.17) is 27.4 Å². The minimum atomic E-state index is -0.372. The number of hydrogen-bond acceptors (Lipinski definition) is 5. The van der Waals surface area contributed by atoms with Crippen LogP contribution in [0, 0.1) is 18.3 Å². The van der Waals surface area contributed by atoms with Gasteiger partial charge in [0.25, 0.3) is 0 Å². The highest BCUT2D eigenvalue weighted by Gasteiger charge is 2.19. The molecule has 0 saturated carbocycles. The normalized spacial score (nSPS) is 11.4. The Kier molecular flexibility index (Phi) is 16.0. The first kappa shape index (κ1) is 24.9. The van der Waals surface area contributed by atoms with Gasteiger partial charge in [0, 0.05) is 38.5 Å². The number of Topliss-reactive ketones (excluding diaryl/α,β-unsaturated/α-hetero) is 1. The van der Waals surface area contributed by atoms with Crippen LogP contribution in [-0.4, -0.2) is 57.2 Å². The minimum Gasteiger partial charge on any atom is -0.379 e. The number of hydrogen-bond donors (Lipinski definition) is 3. The number of rotatable bonds is 17. The maximum atomic E-state index is 12.2. The van der Waals surface area contributed by atoms with Gasteiger partial charge in [-0.15, -0.1) is 12.3 Å². The number of nitrogens with zero attached hydrogens (tertiary/aromatic N) is 1. The number of ketones is 1. The van der Waals surface area contributed by atoms with Gasteiger partial charge in [0.15, 0.2) is 5.96 Å². The molecule has 0 radical (unpaired) electrons. The molecule has 1 amide bonds. The number of aliphatic imine (C=N–C) groups is 1. The predicted octanol–water partition coefficient (Wildman–Crippen LogP) is 0.588. The van der Waals surface area contributed by atoms with Crippen LogP contribution >= 0.6 is 0 Å². The summed E-state index contributed by atoms with van der Waals surface area (Å²) in [5, 5.41) is 2.80. The van der Waals surface area contributed by atoms with Gasteiger partial charge < -0.3 is 31.1 Å². The molecule has 0 aliphatic heterocycles. The van der Waals surface area contributed by atoms with Crippen molar-refractivity contribution in [2.75, 3.05) is 39.5 Å². The Morgan fingerprint density at radius 3 is 2.44 bits per heavy atom. The van der Waals surface area contributed by atoms with E-state index in [2.05, 4.69) is 16.2 Å². The zero-order valence-electron chi connectivity index (χ0n) is 16.4. The van der Waals surface area contributed by atoms with Crippen molar-refractivity contribution < 1.29 is 19.1 Å². The molecule has 1 atom stereocenters. The number of guanidine groups is 1. The summed E-state index contributed by atoms with van der Waals surface area (Å²) in [6.45, 7) is 4.37. The van der Waals surface area contributed by atoms with Crippen molar-refractivity contribution in [3.63, 3.8) is 0 Å². The third kappa shape index (κ3) is 17.1. The summed E-state index contributed by atoms with van der Waals surface area (Å²) in [5.41, 5.74) is 10.5. The molecule has 8 nitrogen and oxygen atoms in total. The average Bonchev–Trinajstić information content (AvgIpc) is 2.61. The highest BCUT2D eigenvalue weighted by Crippen LogP contribution is 2.12. The van der Waals surface area contributed by atoms with E-state index in [9.17, 15) is 9.59 Å². The molecule has 0 spiro atoms. The number of ether oxygens (including phenoxy) is 2. The largest absolute Gasteiger partial charge is 0.379 e. The second-order valence-electron chi connectivity index (χ2n) is 6.23. The Labute approximate surface area is 162 Å². The SMILES string of the molecule is C#CCCCCOCCOCCNC(=O)[C@H](CCCN=C(N)N)CC(C)=O. The first-order chi connectivity index (χ1) is 13.0. The number of carbonyl (C=O) groups is 2. The van der Waals surface area contributed by atoms with Crippen LogP contribution < -0.4 is 16.8 Å². The monoisotopic (exact) mass is 382 g/mol. The van der Waals surface area contributed by atoms with Gasteiger partial charge in [-0.2, -0.15) is 0 Å². The standard InChI is InChI=1S/C19H34N4O4/c1-3-4-5-6-11-26-13-14-27-12-10-22-18(25)17(15-16(2)24)8-7-9-23-19(20)21/h1,17H,4-15H2,2H3,(H,22,25)(H4,20,21,23)/t17-/m1/s1. The van der Waals surface area contributed by atoms with E-state index in [1.165, 1.54) is 6.92 Å². The molecule has 8 heteroatoms. The van der Waals surface area contributed by atoms with Gasteiger partial charge in [0.1, 0.15) is 5.78 Å². The van der Waals surface area contributed by atoms with Crippen LogP contribution in [0.5, 0.6) is 0 Å². The van der Waals surface area contributed by atoms with Gasteiger partial charge in [-0.1, -0.05) is 0 Å². The lowest BCUT2D eigenvalue weighted by atomic mass is 9.96. The summed E-state index contributed by atoms with van der Waals surface area (Å²) in [4.78, 5) is 27.5. The van der Waals surface area contributed by atoms with Crippen molar-refractivity contribution in [1.29, 1.82) is 0 Å². The van der Waals surface area contributed by atoms with E-state index in [1.807, 2.05) is 0 Å².